The van der Waals surface area contributed by atoms with Crippen LogP contribution in [0, 0.1) is 5.82 Å². The molecule has 1 aliphatic rings. The van der Waals surface area contributed by atoms with E-state index in [-0.39, 0.29) is 5.56 Å². The molecule has 6 heteroatoms. The zero-order valence-corrected chi connectivity index (χ0v) is 11.4. The van der Waals surface area contributed by atoms with Crippen LogP contribution in [0.3, 0.4) is 0 Å². The Morgan fingerprint density at radius 2 is 2.29 bits per heavy atom. The molecule has 1 aromatic heterocycles. The number of anilines is 2. The number of nitrogens with one attached hydrogen (secondary N) is 1. The predicted molar refractivity (Wildman–Crippen MR) is 76.3 cm³/mol. The average molecular weight is 287 g/mol. The molecule has 2 heterocycles. The first-order chi connectivity index (χ1) is 10.1. The van der Waals surface area contributed by atoms with Crippen LogP contribution in [0.4, 0.5) is 15.8 Å². The number of hydrogen-bond acceptors (Lipinski definition) is 4. The van der Waals surface area contributed by atoms with Gasteiger partial charge in [-0.2, -0.15) is 0 Å². The Balaban J connectivity index is 1.90. The van der Waals surface area contributed by atoms with Crippen LogP contribution < -0.4 is 10.2 Å². The number of pyridine rings is 1. The number of carbonyl (C=O) groups excluding carboxylic acids is 1. The molecule has 1 amide bonds. The second kappa shape index (κ2) is 5.14. The number of fused-ring (bicyclic) bond motifs is 1. The second-order valence-corrected chi connectivity index (χ2v) is 5.00. The van der Waals surface area contributed by atoms with Crippen LogP contribution in [0.25, 0.3) is 0 Å². The average Bonchev–Trinajstić information content (AvgIpc) is 2.74. The standard InChI is InChI=1S/C15H14FN3O2/c1-19(8-9-3-2-4-17-7-9)13-6-12-10(5-11(13)16)14(20)15(21)18-12/h2-7,14,20H,8H2,1H3,(H,18,21). The molecule has 2 aromatic rings. The minimum atomic E-state index is -1.30. The Morgan fingerprint density at radius 1 is 1.48 bits per heavy atom. The van der Waals surface area contributed by atoms with Crippen molar-refractivity contribution in [1.82, 2.24) is 4.98 Å². The zero-order chi connectivity index (χ0) is 15.0. The molecule has 0 bridgehead atoms. The van der Waals surface area contributed by atoms with E-state index in [2.05, 4.69) is 10.3 Å². The predicted octanol–water partition coefficient (Wildman–Crippen LogP) is 1.84. The molecular weight excluding hydrogens is 273 g/mol. The van der Waals surface area contributed by atoms with Gasteiger partial charge in [-0.25, -0.2) is 4.39 Å². The van der Waals surface area contributed by atoms with Crippen molar-refractivity contribution in [2.75, 3.05) is 17.3 Å². The number of amides is 1. The summed E-state index contributed by atoms with van der Waals surface area (Å²) in [7, 11) is 1.75. The monoisotopic (exact) mass is 287 g/mol. The van der Waals surface area contributed by atoms with E-state index in [1.54, 1.807) is 24.3 Å². The van der Waals surface area contributed by atoms with Gasteiger partial charge in [0.2, 0.25) is 0 Å². The fourth-order valence-electron chi connectivity index (χ4n) is 2.40. The van der Waals surface area contributed by atoms with Crippen LogP contribution in [0.15, 0.2) is 36.7 Å². The van der Waals surface area contributed by atoms with E-state index in [9.17, 15) is 14.3 Å². The normalized spacial score (nSPS) is 16.5. The molecule has 0 saturated heterocycles. The van der Waals surface area contributed by atoms with Gasteiger partial charge in [-0.05, 0) is 23.8 Å². The summed E-state index contributed by atoms with van der Waals surface area (Å²) in [5.41, 5.74) is 2.02. The summed E-state index contributed by atoms with van der Waals surface area (Å²) >= 11 is 0. The summed E-state index contributed by atoms with van der Waals surface area (Å²) in [5, 5.41) is 12.2. The first kappa shape index (κ1) is 13.5. The van der Waals surface area contributed by atoms with Crippen molar-refractivity contribution in [2.45, 2.75) is 12.6 Å². The number of carbonyl (C=O) groups is 1. The Morgan fingerprint density at radius 3 is 3.00 bits per heavy atom. The minimum absolute atomic E-state index is 0.274. The van der Waals surface area contributed by atoms with Gasteiger partial charge in [-0.3, -0.25) is 9.78 Å². The highest BCUT2D eigenvalue weighted by atomic mass is 19.1. The maximum atomic E-state index is 14.2. The molecular formula is C15H14FN3O2. The third-order valence-corrected chi connectivity index (χ3v) is 3.47. The van der Waals surface area contributed by atoms with Gasteiger partial charge in [0.25, 0.3) is 5.91 Å². The van der Waals surface area contributed by atoms with Crippen molar-refractivity contribution in [1.29, 1.82) is 0 Å². The van der Waals surface area contributed by atoms with Gasteiger partial charge >= 0.3 is 0 Å². The Hall–Kier alpha value is -2.47. The van der Waals surface area contributed by atoms with E-state index >= 15 is 0 Å². The van der Waals surface area contributed by atoms with E-state index in [1.165, 1.54) is 12.1 Å². The van der Waals surface area contributed by atoms with Gasteiger partial charge in [0.1, 0.15) is 5.82 Å². The topological polar surface area (TPSA) is 65.5 Å². The number of aliphatic hydroxyl groups is 1. The Bertz CT molecular complexity index is 691. The summed E-state index contributed by atoms with van der Waals surface area (Å²) in [6, 6.07) is 6.46. The van der Waals surface area contributed by atoms with Gasteiger partial charge < -0.3 is 15.3 Å². The van der Waals surface area contributed by atoms with Crippen LogP contribution in [-0.2, 0) is 11.3 Å². The van der Waals surface area contributed by atoms with Crippen molar-refractivity contribution in [3.05, 3.63) is 53.6 Å². The number of aromatic nitrogens is 1. The lowest BCUT2D eigenvalue weighted by molar-refractivity contribution is -0.123. The number of benzene rings is 1. The van der Waals surface area contributed by atoms with Crippen LogP contribution in [0.5, 0.6) is 0 Å². The van der Waals surface area contributed by atoms with Crippen molar-refractivity contribution in [2.24, 2.45) is 0 Å². The smallest absolute Gasteiger partial charge is 0.257 e. The molecule has 1 aromatic carbocycles. The lowest BCUT2D eigenvalue weighted by Gasteiger charge is -2.21. The number of aliphatic hydroxyl groups excluding tert-OH is 1. The van der Waals surface area contributed by atoms with Crippen molar-refractivity contribution < 1.29 is 14.3 Å². The molecule has 1 atom stereocenters. The molecule has 0 radical (unpaired) electrons. The Labute approximate surface area is 121 Å². The van der Waals surface area contributed by atoms with Gasteiger partial charge in [0.05, 0.1) is 5.69 Å². The highest BCUT2D eigenvalue weighted by Gasteiger charge is 2.30. The fourth-order valence-corrected chi connectivity index (χ4v) is 2.40. The molecule has 0 aliphatic carbocycles. The summed E-state index contributed by atoms with van der Waals surface area (Å²) in [4.78, 5) is 17.2. The SMILES string of the molecule is CN(Cc1cccnc1)c1cc2c(cc1F)C(O)C(=O)N2. The maximum absolute atomic E-state index is 14.2. The van der Waals surface area contributed by atoms with E-state index in [4.69, 9.17) is 0 Å². The molecule has 1 unspecified atom stereocenters. The van der Waals surface area contributed by atoms with Crippen molar-refractivity contribution >= 4 is 17.3 Å². The van der Waals surface area contributed by atoms with Crippen LogP contribution in [-0.4, -0.2) is 23.0 Å². The van der Waals surface area contributed by atoms with E-state index in [1.807, 2.05) is 12.1 Å². The Kier molecular flexibility index (Phi) is 3.31. The van der Waals surface area contributed by atoms with Gasteiger partial charge in [0.15, 0.2) is 6.10 Å². The highest BCUT2D eigenvalue weighted by molar-refractivity contribution is 6.02. The third-order valence-electron chi connectivity index (χ3n) is 3.47. The zero-order valence-electron chi connectivity index (χ0n) is 11.4. The molecule has 0 fully saturated rings. The summed E-state index contributed by atoms with van der Waals surface area (Å²) in [6.07, 6.45) is 2.09. The fraction of sp³-hybridized carbons (Fsp3) is 0.200. The van der Waals surface area contributed by atoms with Gasteiger partial charge in [-0.15, -0.1) is 0 Å². The first-order valence-corrected chi connectivity index (χ1v) is 6.48. The van der Waals surface area contributed by atoms with Gasteiger partial charge in [0, 0.05) is 37.2 Å². The maximum Gasteiger partial charge on any atom is 0.257 e. The molecule has 1 aliphatic heterocycles. The number of rotatable bonds is 3. The molecule has 108 valence electrons. The molecule has 0 spiro atoms. The number of hydrogen-bond donors (Lipinski definition) is 2. The van der Waals surface area contributed by atoms with Gasteiger partial charge in [-0.1, -0.05) is 6.07 Å². The number of halogens is 1. The highest BCUT2D eigenvalue weighted by Crippen LogP contribution is 2.35. The molecule has 3 rings (SSSR count). The molecule has 0 saturated carbocycles. The largest absolute Gasteiger partial charge is 0.378 e. The number of nitrogens with zero attached hydrogens (tertiary/aromatic N) is 2. The summed E-state index contributed by atoms with van der Waals surface area (Å²) in [5.74, 6) is -1.01. The van der Waals surface area contributed by atoms with E-state index in [0.717, 1.165) is 5.56 Å². The second-order valence-electron chi connectivity index (χ2n) is 5.00. The van der Waals surface area contributed by atoms with E-state index < -0.39 is 17.8 Å². The molecule has 5 nitrogen and oxygen atoms in total. The van der Waals surface area contributed by atoms with Crippen molar-refractivity contribution in [3.8, 4) is 0 Å². The molecule has 21 heavy (non-hydrogen) atoms. The van der Waals surface area contributed by atoms with Crippen molar-refractivity contribution in [3.63, 3.8) is 0 Å². The minimum Gasteiger partial charge on any atom is -0.378 e. The summed E-state index contributed by atoms with van der Waals surface area (Å²) in [6.45, 7) is 0.486. The first-order valence-electron chi connectivity index (χ1n) is 6.48. The lowest BCUT2D eigenvalue weighted by atomic mass is 10.1. The lowest BCUT2D eigenvalue weighted by Crippen LogP contribution is -2.18. The quantitative estimate of drug-likeness (QED) is 0.904. The van der Waals surface area contributed by atoms with E-state index in [0.29, 0.717) is 17.9 Å². The third kappa shape index (κ3) is 2.45. The van der Waals surface area contributed by atoms with Crippen LogP contribution in [0.2, 0.25) is 0 Å². The summed E-state index contributed by atoms with van der Waals surface area (Å²) < 4.78 is 14.2. The molecule has 2 N–H and O–H groups in total. The van der Waals surface area contributed by atoms with Crippen LogP contribution in [0.1, 0.15) is 17.2 Å². The van der Waals surface area contributed by atoms with Crippen LogP contribution >= 0.6 is 0 Å².